The molecule has 0 bridgehead atoms. The molecule has 2 fully saturated rings. The third-order valence-electron chi connectivity index (χ3n) is 6.86. The molecule has 36 heavy (non-hydrogen) atoms. The molecule has 0 atom stereocenters. The van der Waals surface area contributed by atoms with Crippen LogP contribution in [0.1, 0.15) is 23.3 Å². The molecule has 0 N–H and O–H groups in total. The minimum Gasteiger partial charge on any atom is -0.490 e. The number of rotatable bonds is 7. The summed E-state index contributed by atoms with van der Waals surface area (Å²) in [5, 5.41) is 2.81. The molecule has 7 heteroatoms. The molecule has 1 amide bonds. The molecular weight excluding hydrogens is 490 g/mol. The van der Waals surface area contributed by atoms with Crippen LogP contribution in [0.25, 0.3) is 6.08 Å². The van der Waals surface area contributed by atoms with Gasteiger partial charge in [-0.25, -0.2) is 0 Å². The first-order chi connectivity index (χ1) is 17.6. The Morgan fingerprint density at radius 3 is 2.44 bits per heavy atom. The van der Waals surface area contributed by atoms with Crippen LogP contribution in [0.15, 0.2) is 72.1 Å². The van der Waals surface area contributed by atoms with Crippen molar-refractivity contribution < 1.29 is 9.53 Å². The molecule has 0 spiro atoms. The van der Waals surface area contributed by atoms with E-state index < -0.39 is 0 Å². The first kappa shape index (κ1) is 24.9. The summed E-state index contributed by atoms with van der Waals surface area (Å²) in [6, 6.07) is 20.6. The molecule has 0 aliphatic carbocycles. The highest BCUT2D eigenvalue weighted by atomic mass is 35.5. The second kappa shape index (κ2) is 12.0. The average molecular weight is 522 g/mol. The molecule has 2 aliphatic heterocycles. The molecule has 0 saturated carbocycles. The van der Waals surface area contributed by atoms with E-state index in [-0.39, 0.29) is 12.0 Å². The van der Waals surface area contributed by atoms with Crippen LogP contribution in [0, 0.1) is 0 Å². The lowest BCUT2D eigenvalue weighted by Crippen LogP contribution is -2.45. The number of nitrogens with zero attached hydrogens (tertiary/aromatic N) is 3. The summed E-state index contributed by atoms with van der Waals surface area (Å²) >= 11 is 7.79. The minimum absolute atomic E-state index is 0.0830. The number of benzene rings is 2. The van der Waals surface area contributed by atoms with E-state index in [2.05, 4.69) is 40.1 Å². The summed E-state index contributed by atoms with van der Waals surface area (Å²) in [6.07, 6.45) is 5.45. The number of piperidine rings is 1. The Balaban J connectivity index is 1.04. The Morgan fingerprint density at radius 1 is 0.972 bits per heavy atom. The van der Waals surface area contributed by atoms with Crippen LogP contribution in [0.3, 0.4) is 0 Å². The predicted octanol–water partition coefficient (Wildman–Crippen LogP) is 5.81. The number of amides is 1. The number of thiophene rings is 1. The SMILES string of the molecule is O=C(C=Cc1cccs1)N1CCC(Oc2ccc(CN3CCN(c4cccc(Cl)c4)CC3)cc2)CC1. The Hall–Kier alpha value is -2.80. The zero-order valence-electron chi connectivity index (χ0n) is 20.4. The van der Waals surface area contributed by atoms with Gasteiger partial charge in [0.15, 0.2) is 0 Å². The van der Waals surface area contributed by atoms with Crippen molar-refractivity contribution >= 4 is 40.6 Å². The number of piperazine rings is 1. The van der Waals surface area contributed by atoms with Crippen molar-refractivity contribution in [2.75, 3.05) is 44.2 Å². The van der Waals surface area contributed by atoms with Gasteiger partial charge in [-0.1, -0.05) is 35.9 Å². The fourth-order valence-corrected chi connectivity index (χ4v) is 5.60. The van der Waals surface area contributed by atoms with Crippen molar-refractivity contribution in [2.45, 2.75) is 25.5 Å². The molecule has 3 heterocycles. The largest absolute Gasteiger partial charge is 0.490 e. The standard InChI is InChI=1S/C29H32ClN3O2S/c30-24-3-1-4-25(21-24)32-18-16-31(17-19-32)22-23-6-8-26(9-7-23)35-27-12-14-33(15-13-27)29(34)11-10-28-5-2-20-36-28/h1-11,20-21,27H,12-19,22H2. The van der Waals surface area contributed by atoms with Gasteiger partial charge in [0.2, 0.25) is 5.91 Å². The van der Waals surface area contributed by atoms with Crippen molar-refractivity contribution in [3.8, 4) is 5.75 Å². The van der Waals surface area contributed by atoms with Gasteiger partial charge in [-0.3, -0.25) is 9.69 Å². The molecule has 0 unspecified atom stereocenters. The fraction of sp³-hybridized carbons (Fsp3) is 0.345. The number of ether oxygens (including phenoxy) is 1. The highest BCUT2D eigenvalue weighted by molar-refractivity contribution is 7.10. The number of hydrogen-bond donors (Lipinski definition) is 0. The third-order valence-corrected chi connectivity index (χ3v) is 7.94. The average Bonchev–Trinajstić information content (AvgIpc) is 3.43. The maximum atomic E-state index is 12.5. The van der Waals surface area contributed by atoms with Crippen LogP contribution < -0.4 is 9.64 Å². The minimum atomic E-state index is 0.0830. The first-order valence-electron chi connectivity index (χ1n) is 12.6. The van der Waals surface area contributed by atoms with E-state index in [1.54, 1.807) is 17.4 Å². The fourth-order valence-electron chi connectivity index (χ4n) is 4.80. The van der Waals surface area contributed by atoms with Gasteiger partial charge >= 0.3 is 0 Å². The van der Waals surface area contributed by atoms with E-state index in [1.807, 2.05) is 46.7 Å². The van der Waals surface area contributed by atoms with Crippen LogP contribution in [-0.2, 0) is 11.3 Å². The molecule has 2 aliphatic rings. The summed E-state index contributed by atoms with van der Waals surface area (Å²) in [7, 11) is 0. The van der Waals surface area contributed by atoms with Crippen LogP contribution in [0.5, 0.6) is 5.75 Å². The van der Waals surface area contributed by atoms with Crippen LogP contribution >= 0.6 is 22.9 Å². The number of halogens is 1. The van der Waals surface area contributed by atoms with Gasteiger partial charge in [0.1, 0.15) is 11.9 Å². The van der Waals surface area contributed by atoms with Crippen molar-refractivity contribution in [1.29, 1.82) is 0 Å². The monoisotopic (exact) mass is 521 g/mol. The van der Waals surface area contributed by atoms with E-state index >= 15 is 0 Å². The second-order valence-corrected chi connectivity index (χ2v) is 10.8. The van der Waals surface area contributed by atoms with Crippen LogP contribution in [-0.4, -0.2) is 61.1 Å². The maximum Gasteiger partial charge on any atom is 0.246 e. The first-order valence-corrected chi connectivity index (χ1v) is 13.9. The maximum absolute atomic E-state index is 12.5. The predicted molar refractivity (Wildman–Crippen MR) is 149 cm³/mol. The third kappa shape index (κ3) is 6.69. The number of hydrogen-bond acceptors (Lipinski definition) is 5. The van der Waals surface area contributed by atoms with Crippen molar-refractivity contribution in [3.05, 3.63) is 87.6 Å². The second-order valence-electron chi connectivity index (χ2n) is 9.38. The lowest BCUT2D eigenvalue weighted by molar-refractivity contribution is -0.127. The normalized spacial score (nSPS) is 17.6. The number of carbonyl (C=O) groups excluding carboxylic acids is 1. The Morgan fingerprint density at radius 2 is 1.75 bits per heavy atom. The molecule has 1 aromatic heterocycles. The van der Waals surface area contributed by atoms with Crippen molar-refractivity contribution in [1.82, 2.24) is 9.80 Å². The Bertz CT molecular complexity index is 1150. The molecule has 5 nitrogen and oxygen atoms in total. The van der Waals surface area contributed by atoms with E-state index in [4.69, 9.17) is 16.3 Å². The highest BCUT2D eigenvalue weighted by Crippen LogP contribution is 2.23. The Kier molecular flexibility index (Phi) is 8.26. The zero-order chi connectivity index (χ0) is 24.7. The van der Waals surface area contributed by atoms with Crippen molar-refractivity contribution in [3.63, 3.8) is 0 Å². The molecule has 2 saturated heterocycles. The lowest BCUT2D eigenvalue weighted by atomic mass is 10.1. The van der Waals surface area contributed by atoms with Crippen LogP contribution in [0.4, 0.5) is 5.69 Å². The van der Waals surface area contributed by atoms with Gasteiger partial charge in [-0.2, -0.15) is 0 Å². The van der Waals surface area contributed by atoms with E-state index in [0.29, 0.717) is 0 Å². The van der Waals surface area contributed by atoms with Crippen molar-refractivity contribution in [2.24, 2.45) is 0 Å². The molecule has 188 valence electrons. The molecule has 3 aromatic rings. The smallest absolute Gasteiger partial charge is 0.246 e. The summed E-state index contributed by atoms with van der Waals surface area (Å²) < 4.78 is 6.23. The number of carbonyl (C=O) groups is 1. The van der Waals surface area contributed by atoms with Gasteiger partial charge in [0.25, 0.3) is 0 Å². The molecule has 5 rings (SSSR count). The van der Waals surface area contributed by atoms with E-state index in [1.165, 1.54) is 11.3 Å². The highest BCUT2D eigenvalue weighted by Gasteiger charge is 2.23. The number of anilines is 1. The van der Waals surface area contributed by atoms with Gasteiger partial charge in [-0.15, -0.1) is 11.3 Å². The quantitative estimate of drug-likeness (QED) is 0.368. The Labute approximate surface area is 222 Å². The van der Waals surface area contributed by atoms with Gasteiger partial charge in [0, 0.05) is 80.3 Å². The summed E-state index contributed by atoms with van der Waals surface area (Å²) in [5.74, 6) is 0.992. The van der Waals surface area contributed by atoms with Gasteiger partial charge in [-0.05, 0) is 53.4 Å². The van der Waals surface area contributed by atoms with E-state index in [0.717, 1.165) is 74.3 Å². The van der Waals surface area contributed by atoms with E-state index in [9.17, 15) is 4.79 Å². The van der Waals surface area contributed by atoms with Crippen LogP contribution in [0.2, 0.25) is 5.02 Å². The molecule has 0 radical (unpaired) electrons. The van der Waals surface area contributed by atoms with Gasteiger partial charge < -0.3 is 14.5 Å². The molecule has 2 aromatic carbocycles. The summed E-state index contributed by atoms with van der Waals surface area (Å²) in [4.78, 5) is 20.4. The molecular formula is C29H32ClN3O2S. The lowest BCUT2D eigenvalue weighted by Gasteiger charge is -2.36. The van der Waals surface area contributed by atoms with Gasteiger partial charge in [0.05, 0.1) is 0 Å². The summed E-state index contributed by atoms with van der Waals surface area (Å²) in [5.41, 5.74) is 2.50. The summed E-state index contributed by atoms with van der Waals surface area (Å²) in [6.45, 7) is 6.49. The number of likely N-dealkylation sites (tertiary alicyclic amines) is 1. The topological polar surface area (TPSA) is 36.0 Å². The zero-order valence-corrected chi connectivity index (χ0v) is 22.0.